The molecule has 0 spiro atoms. The molecule has 0 saturated carbocycles. The van der Waals surface area contributed by atoms with E-state index >= 15 is 0 Å². The number of hydrogen-bond acceptors (Lipinski definition) is 4. The molecule has 1 aliphatic rings. The maximum absolute atomic E-state index is 11.8. The van der Waals surface area contributed by atoms with Crippen molar-refractivity contribution in [3.8, 4) is 0 Å². The van der Waals surface area contributed by atoms with Gasteiger partial charge in [0.15, 0.2) is 5.78 Å². The molecule has 0 radical (unpaired) electrons. The van der Waals surface area contributed by atoms with Crippen molar-refractivity contribution in [2.45, 2.75) is 26.2 Å². The average molecular weight is 272 g/mol. The van der Waals surface area contributed by atoms with E-state index in [1.807, 2.05) is 25.2 Å². The lowest BCUT2D eigenvalue weighted by molar-refractivity contribution is -0.117. The van der Waals surface area contributed by atoms with Crippen LogP contribution in [0.25, 0.3) is 0 Å². The van der Waals surface area contributed by atoms with E-state index in [1.165, 1.54) is 14.2 Å². The van der Waals surface area contributed by atoms with Crippen LogP contribution in [0.4, 0.5) is 0 Å². The first-order chi connectivity index (χ1) is 8.52. The third kappa shape index (κ3) is 4.20. The molecule has 1 unspecified atom stereocenters. The van der Waals surface area contributed by atoms with Gasteiger partial charge < -0.3 is 9.05 Å². The maximum Gasteiger partial charge on any atom is 0.330 e. The van der Waals surface area contributed by atoms with Gasteiger partial charge in [0.2, 0.25) is 0 Å². The molecule has 5 heteroatoms. The lowest BCUT2D eigenvalue weighted by Gasteiger charge is -2.15. The smallest absolute Gasteiger partial charge is 0.312 e. The molecule has 0 bridgehead atoms. The molecule has 1 rings (SSSR count). The second-order valence-electron chi connectivity index (χ2n) is 4.39. The van der Waals surface area contributed by atoms with Gasteiger partial charge >= 0.3 is 7.60 Å². The zero-order valence-electron chi connectivity index (χ0n) is 11.2. The van der Waals surface area contributed by atoms with Crippen LogP contribution in [0.2, 0.25) is 0 Å². The van der Waals surface area contributed by atoms with E-state index in [2.05, 4.69) is 0 Å². The van der Waals surface area contributed by atoms with Gasteiger partial charge in [0.05, 0.1) is 6.16 Å². The van der Waals surface area contributed by atoms with E-state index in [0.717, 1.165) is 24.8 Å². The molecule has 4 nitrogen and oxygen atoms in total. The van der Waals surface area contributed by atoms with Crippen LogP contribution in [-0.2, 0) is 18.4 Å². The van der Waals surface area contributed by atoms with Gasteiger partial charge in [0.25, 0.3) is 0 Å². The highest BCUT2D eigenvalue weighted by Crippen LogP contribution is 2.47. The molecule has 0 aliphatic heterocycles. The van der Waals surface area contributed by atoms with Crippen molar-refractivity contribution in [2.24, 2.45) is 5.92 Å². The SMILES string of the molecule is COP(=O)(CCCCC1=CC=CC(C)C1=O)OC. The summed E-state index contributed by atoms with van der Waals surface area (Å²) < 4.78 is 21.5. The van der Waals surface area contributed by atoms with E-state index in [4.69, 9.17) is 9.05 Å². The van der Waals surface area contributed by atoms with Gasteiger partial charge in [-0.05, 0) is 24.8 Å². The fourth-order valence-electron chi connectivity index (χ4n) is 1.88. The normalized spacial score (nSPS) is 20.1. The van der Waals surface area contributed by atoms with Gasteiger partial charge in [0.1, 0.15) is 0 Å². The molecule has 0 saturated heterocycles. The Labute approximate surface area is 109 Å². The Balaban J connectivity index is 2.35. The number of carbonyl (C=O) groups excluding carboxylic acids is 1. The summed E-state index contributed by atoms with van der Waals surface area (Å²) in [6.07, 6.45) is 8.35. The van der Waals surface area contributed by atoms with Gasteiger partial charge in [-0.25, -0.2) is 0 Å². The van der Waals surface area contributed by atoms with Gasteiger partial charge in [-0.15, -0.1) is 0 Å². The Hall–Kier alpha value is -0.700. The van der Waals surface area contributed by atoms with Gasteiger partial charge in [-0.2, -0.15) is 0 Å². The van der Waals surface area contributed by atoms with E-state index < -0.39 is 7.60 Å². The summed E-state index contributed by atoms with van der Waals surface area (Å²) in [6, 6.07) is 0. The minimum Gasteiger partial charge on any atom is -0.312 e. The summed E-state index contributed by atoms with van der Waals surface area (Å²) in [5, 5.41) is 0. The van der Waals surface area contributed by atoms with E-state index in [-0.39, 0.29) is 11.7 Å². The summed E-state index contributed by atoms with van der Waals surface area (Å²) in [4.78, 5) is 11.8. The number of hydrogen-bond donors (Lipinski definition) is 0. The first kappa shape index (κ1) is 15.4. The highest BCUT2D eigenvalue weighted by Gasteiger charge is 2.21. The second-order valence-corrected chi connectivity index (χ2v) is 6.79. The van der Waals surface area contributed by atoms with Crippen LogP contribution < -0.4 is 0 Å². The summed E-state index contributed by atoms with van der Waals surface area (Å²) in [7, 11) is -0.111. The fraction of sp³-hybridized carbons (Fsp3) is 0.615. The van der Waals surface area contributed by atoms with Crippen LogP contribution in [-0.4, -0.2) is 26.2 Å². The lowest BCUT2D eigenvalue weighted by Crippen LogP contribution is -2.14. The third-order valence-corrected chi connectivity index (χ3v) is 5.09. The minimum atomic E-state index is -2.90. The van der Waals surface area contributed by atoms with Crippen LogP contribution >= 0.6 is 7.60 Å². The Morgan fingerprint density at radius 3 is 2.56 bits per heavy atom. The topological polar surface area (TPSA) is 52.6 Å². The quantitative estimate of drug-likeness (QED) is 0.527. The first-order valence-corrected chi connectivity index (χ1v) is 7.87. The largest absolute Gasteiger partial charge is 0.330 e. The van der Waals surface area contributed by atoms with Gasteiger partial charge in [0, 0.05) is 20.1 Å². The Bertz CT molecular complexity index is 390. The standard InChI is InChI=1S/C13H21O4P/c1-11-7-6-9-12(13(11)14)8-4-5-10-18(15,16-2)17-3/h6-7,9,11H,4-5,8,10H2,1-3H3. The molecule has 0 heterocycles. The zero-order valence-corrected chi connectivity index (χ0v) is 12.1. The van der Waals surface area contributed by atoms with Crippen LogP contribution in [0, 0.1) is 5.92 Å². The van der Waals surface area contributed by atoms with Crippen molar-refractivity contribution in [1.82, 2.24) is 0 Å². The molecule has 0 aromatic rings. The van der Waals surface area contributed by atoms with Crippen LogP contribution in [0.15, 0.2) is 23.8 Å². The summed E-state index contributed by atoms with van der Waals surface area (Å²) in [6.45, 7) is 1.90. The van der Waals surface area contributed by atoms with Crippen LogP contribution in [0.1, 0.15) is 26.2 Å². The number of carbonyl (C=O) groups is 1. The van der Waals surface area contributed by atoms with E-state index in [1.54, 1.807) is 0 Å². The average Bonchev–Trinajstić information content (AvgIpc) is 2.39. The third-order valence-electron chi connectivity index (χ3n) is 3.11. The zero-order chi connectivity index (χ0) is 13.6. The predicted molar refractivity (Wildman–Crippen MR) is 71.7 cm³/mol. The van der Waals surface area contributed by atoms with Crippen molar-refractivity contribution >= 4 is 13.4 Å². The first-order valence-electron chi connectivity index (χ1n) is 6.14. The monoisotopic (exact) mass is 272 g/mol. The second kappa shape index (κ2) is 7.03. The summed E-state index contributed by atoms with van der Waals surface area (Å²) in [5.74, 6) is 0.174. The number of allylic oxidation sites excluding steroid dienone is 4. The molecule has 102 valence electrons. The highest BCUT2D eigenvalue weighted by atomic mass is 31.2. The van der Waals surface area contributed by atoms with Crippen LogP contribution in [0.5, 0.6) is 0 Å². The number of rotatable bonds is 7. The molecule has 0 N–H and O–H groups in total. The Morgan fingerprint density at radius 1 is 1.28 bits per heavy atom. The maximum atomic E-state index is 11.8. The fourth-order valence-corrected chi connectivity index (χ4v) is 3.01. The Kier molecular flexibility index (Phi) is 6.00. The molecule has 0 amide bonds. The van der Waals surface area contributed by atoms with Crippen molar-refractivity contribution in [2.75, 3.05) is 20.4 Å². The van der Waals surface area contributed by atoms with E-state index in [9.17, 15) is 9.36 Å². The number of unbranched alkanes of at least 4 members (excludes halogenated alkanes) is 1. The minimum absolute atomic E-state index is 0.0194. The van der Waals surface area contributed by atoms with Crippen molar-refractivity contribution < 1.29 is 18.4 Å². The van der Waals surface area contributed by atoms with Crippen molar-refractivity contribution in [1.29, 1.82) is 0 Å². The number of ketones is 1. The van der Waals surface area contributed by atoms with Crippen molar-refractivity contribution in [3.63, 3.8) is 0 Å². The molecular weight excluding hydrogens is 251 g/mol. The molecule has 0 fully saturated rings. The lowest BCUT2D eigenvalue weighted by atomic mass is 9.91. The molecule has 0 aromatic heterocycles. The summed E-state index contributed by atoms with van der Waals surface area (Å²) in [5.41, 5.74) is 0.856. The predicted octanol–water partition coefficient (Wildman–Crippen LogP) is 3.34. The van der Waals surface area contributed by atoms with E-state index in [0.29, 0.717) is 6.16 Å². The van der Waals surface area contributed by atoms with Crippen molar-refractivity contribution in [3.05, 3.63) is 23.8 Å². The molecule has 1 aliphatic carbocycles. The van der Waals surface area contributed by atoms with Gasteiger partial charge in [-0.1, -0.05) is 25.2 Å². The number of Topliss-reactive ketones (excluding diaryl/α,β-unsaturated/α-hetero) is 1. The summed E-state index contributed by atoms with van der Waals surface area (Å²) >= 11 is 0. The molecule has 18 heavy (non-hydrogen) atoms. The highest BCUT2D eigenvalue weighted by molar-refractivity contribution is 7.53. The molecular formula is C13H21O4P. The molecule has 0 aromatic carbocycles. The van der Waals surface area contributed by atoms with Gasteiger partial charge in [-0.3, -0.25) is 9.36 Å². The molecule has 1 atom stereocenters. The van der Waals surface area contributed by atoms with Crippen LogP contribution in [0.3, 0.4) is 0 Å². The Morgan fingerprint density at radius 2 is 1.94 bits per heavy atom.